The first-order chi connectivity index (χ1) is 14.5. The van der Waals surface area contributed by atoms with E-state index in [1.807, 2.05) is 30.3 Å². The third-order valence-electron chi connectivity index (χ3n) is 5.72. The van der Waals surface area contributed by atoms with Crippen LogP contribution in [0.4, 0.5) is 22.0 Å². The fourth-order valence-electron chi connectivity index (χ4n) is 4.04. The van der Waals surface area contributed by atoms with Gasteiger partial charge in [0, 0.05) is 12.0 Å². The molecule has 1 saturated heterocycles. The molecule has 3 unspecified atom stereocenters. The predicted molar refractivity (Wildman–Crippen MR) is 103 cm³/mol. The normalized spacial score (nSPS) is 21.0. The Morgan fingerprint density at radius 2 is 1.77 bits per heavy atom. The molecule has 164 valence electrons. The zero-order valence-electron chi connectivity index (χ0n) is 16.5. The summed E-state index contributed by atoms with van der Waals surface area (Å²) in [6.07, 6.45) is -9.38. The first kappa shape index (κ1) is 21.5. The molecule has 0 aromatic heterocycles. The molecule has 1 fully saturated rings. The van der Waals surface area contributed by atoms with Crippen LogP contribution in [0, 0.1) is 5.92 Å². The van der Waals surface area contributed by atoms with Gasteiger partial charge >= 0.3 is 12.1 Å². The van der Waals surface area contributed by atoms with Gasteiger partial charge in [0.2, 0.25) is 0 Å². The lowest BCUT2D eigenvalue weighted by molar-refractivity contribution is -0.355. The first-order valence-corrected chi connectivity index (χ1v) is 9.65. The SMILES string of the molecule is C=C(C)C(=O)C(Oc1cccc2c1Cc1ccccc1-2)C1COC1C(F)(F)C(F)(F)F. The van der Waals surface area contributed by atoms with Crippen molar-refractivity contribution in [3.63, 3.8) is 0 Å². The van der Waals surface area contributed by atoms with Gasteiger partial charge in [0.25, 0.3) is 0 Å². The summed E-state index contributed by atoms with van der Waals surface area (Å²) in [5, 5.41) is 0. The number of alkyl halides is 5. The van der Waals surface area contributed by atoms with E-state index in [0.717, 1.165) is 22.3 Å². The van der Waals surface area contributed by atoms with E-state index in [1.54, 1.807) is 12.1 Å². The van der Waals surface area contributed by atoms with Crippen molar-refractivity contribution in [3.8, 4) is 16.9 Å². The minimum Gasteiger partial charge on any atom is -0.481 e. The Hall–Kier alpha value is -2.74. The second-order valence-electron chi connectivity index (χ2n) is 7.84. The minimum atomic E-state index is -5.80. The average molecular weight is 438 g/mol. The molecule has 2 aromatic carbocycles. The molecule has 3 atom stereocenters. The molecule has 1 aliphatic carbocycles. The van der Waals surface area contributed by atoms with E-state index in [-0.39, 0.29) is 11.3 Å². The molecule has 0 spiro atoms. The van der Waals surface area contributed by atoms with Gasteiger partial charge in [-0.25, -0.2) is 0 Å². The Balaban J connectivity index is 1.68. The number of rotatable bonds is 6. The van der Waals surface area contributed by atoms with Crippen LogP contribution < -0.4 is 4.74 Å². The molecule has 0 saturated carbocycles. The summed E-state index contributed by atoms with van der Waals surface area (Å²) in [5.74, 6) is -7.04. The van der Waals surface area contributed by atoms with Crippen LogP contribution in [-0.4, -0.2) is 36.7 Å². The molecule has 0 bridgehead atoms. The fraction of sp³-hybridized carbons (Fsp3) is 0.348. The summed E-state index contributed by atoms with van der Waals surface area (Å²) in [6, 6.07) is 12.8. The van der Waals surface area contributed by atoms with Crippen LogP contribution >= 0.6 is 0 Å². The first-order valence-electron chi connectivity index (χ1n) is 9.65. The zero-order chi connectivity index (χ0) is 22.6. The zero-order valence-corrected chi connectivity index (χ0v) is 16.5. The Kier molecular flexibility index (Phi) is 5.16. The van der Waals surface area contributed by atoms with E-state index >= 15 is 0 Å². The van der Waals surface area contributed by atoms with Crippen LogP contribution in [0.1, 0.15) is 18.1 Å². The Bertz CT molecular complexity index is 1040. The highest BCUT2D eigenvalue weighted by molar-refractivity contribution is 5.98. The number of fused-ring (bicyclic) bond motifs is 3. The number of hydrogen-bond acceptors (Lipinski definition) is 3. The highest BCUT2D eigenvalue weighted by Crippen LogP contribution is 2.48. The highest BCUT2D eigenvalue weighted by atomic mass is 19.4. The van der Waals surface area contributed by atoms with Gasteiger partial charge in [0.15, 0.2) is 11.9 Å². The van der Waals surface area contributed by atoms with E-state index in [2.05, 4.69) is 11.3 Å². The largest absolute Gasteiger partial charge is 0.481 e. The van der Waals surface area contributed by atoms with Crippen LogP contribution in [0.2, 0.25) is 0 Å². The van der Waals surface area contributed by atoms with Crippen molar-refractivity contribution in [2.75, 3.05) is 6.61 Å². The van der Waals surface area contributed by atoms with Gasteiger partial charge in [-0.05, 0) is 35.3 Å². The van der Waals surface area contributed by atoms with Gasteiger partial charge in [-0.3, -0.25) is 4.79 Å². The molecule has 0 radical (unpaired) electrons. The van der Waals surface area contributed by atoms with E-state index in [1.165, 1.54) is 6.92 Å². The topological polar surface area (TPSA) is 35.5 Å². The summed E-state index contributed by atoms with van der Waals surface area (Å²) >= 11 is 0. The van der Waals surface area contributed by atoms with Crippen LogP contribution in [0.5, 0.6) is 5.75 Å². The lowest BCUT2D eigenvalue weighted by atomic mass is 9.84. The number of Topliss-reactive ketones (excluding diaryl/α,β-unsaturated/α-hetero) is 1. The number of halogens is 5. The second-order valence-corrected chi connectivity index (χ2v) is 7.84. The Labute approximate surface area is 175 Å². The van der Waals surface area contributed by atoms with Crippen molar-refractivity contribution < 1.29 is 36.2 Å². The highest BCUT2D eigenvalue weighted by Gasteiger charge is 2.69. The maximum absolute atomic E-state index is 13.9. The molecule has 31 heavy (non-hydrogen) atoms. The van der Waals surface area contributed by atoms with E-state index in [4.69, 9.17) is 4.74 Å². The monoisotopic (exact) mass is 438 g/mol. The predicted octanol–water partition coefficient (Wildman–Crippen LogP) is 5.36. The fourth-order valence-corrected chi connectivity index (χ4v) is 4.04. The van der Waals surface area contributed by atoms with Gasteiger partial charge < -0.3 is 9.47 Å². The van der Waals surface area contributed by atoms with Gasteiger partial charge in [-0.1, -0.05) is 43.0 Å². The quantitative estimate of drug-likeness (QED) is 0.384. The molecule has 8 heteroatoms. The smallest absolute Gasteiger partial charge is 0.456 e. The van der Waals surface area contributed by atoms with Crippen LogP contribution in [0.15, 0.2) is 54.6 Å². The van der Waals surface area contributed by atoms with Crippen molar-refractivity contribution >= 4 is 5.78 Å². The summed E-state index contributed by atoms with van der Waals surface area (Å²) in [6.45, 7) is 4.43. The van der Waals surface area contributed by atoms with Crippen LogP contribution in [0.3, 0.4) is 0 Å². The van der Waals surface area contributed by atoms with E-state index in [0.29, 0.717) is 6.42 Å². The van der Waals surface area contributed by atoms with Gasteiger partial charge in [-0.2, -0.15) is 22.0 Å². The number of carbonyl (C=O) groups is 1. The van der Waals surface area contributed by atoms with Crippen molar-refractivity contribution in [2.24, 2.45) is 5.92 Å². The summed E-state index contributed by atoms with van der Waals surface area (Å²) < 4.78 is 77.0. The van der Waals surface area contributed by atoms with Gasteiger partial charge in [0.05, 0.1) is 12.5 Å². The third-order valence-corrected chi connectivity index (χ3v) is 5.72. The molecule has 1 heterocycles. The molecular weight excluding hydrogens is 419 g/mol. The lowest BCUT2D eigenvalue weighted by Gasteiger charge is -2.44. The summed E-state index contributed by atoms with van der Waals surface area (Å²) in [7, 11) is 0. The third kappa shape index (κ3) is 3.52. The Morgan fingerprint density at radius 1 is 1.10 bits per heavy atom. The molecule has 1 aliphatic heterocycles. The van der Waals surface area contributed by atoms with Crippen molar-refractivity contribution in [1.82, 2.24) is 0 Å². The Morgan fingerprint density at radius 3 is 2.39 bits per heavy atom. The molecule has 3 nitrogen and oxygen atoms in total. The molecular formula is C23H19F5O3. The van der Waals surface area contributed by atoms with Crippen LogP contribution in [0.25, 0.3) is 11.1 Å². The lowest BCUT2D eigenvalue weighted by Crippen LogP contribution is -2.63. The number of benzene rings is 2. The number of carbonyl (C=O) groups excluding carboxylic acids is 1. The second kappa shape index (κ2) is 7.44. The number of hydrogen-bond donors (Lipinski definition) is 0. The number of ketones is 1. The summed E-state index contributed by atoms with van der Waals surface area (Å²) in [5.41, 5.74) is 3.64. The molecule has 2 aliphatic rings. The average Bonchev–Trinajstić information content (AvgIpc) is 3.04. The van der Waals surface area contributed by atoms with Crippen molar-refractivity contribution in [1.29, 1.82) is 0 Å². The van der Waals surface area contributed by atoms with Crippen molar-refractivity contribution in [2.45, 2.75) is 37.7 Å². The maximum Gasteiger partial charge on any atom is 0.456 e. The molecule has 0 amide bonds. The molecule has 0 N–H and O–H groups in total. The summed E-state index contributed by atoms with van der Waals surface area (Å²) in [4.78, 5) is 12.7. The standard InChI is InChI=1S/C23H19F5O3/c1-12(2)19(29)20(17-11-30-21(17)22(24,25)23(26,27)28)31-18-9-5-8-15-14-7-4-3-6-13(14)10-16(15)18/h3-9,17,20-21H,1,10-11H2,2H3. The molecule has 4 rings (SSSR count). The number of ether oxygens (including phenoxy) is 2. The molecule has 2 aromatic rings. The van der Waals surface area contributed by atoms with Gasteiger partial charge in [-0.15, -0.1) is 0 Å². The van der Waals surface area contributed by atoms with Crippen LogP contribution in [-0.2, 0) is 16.0 Å². The van der Waals surface area contributed by atoms with E-state index in [9.17, 15) is 26.7 Å². The maximum atomic E-state index is 13.9. The van der Waals surface area contributed by atoms with Crippen molar-refractivity contribution in [3.05, 3.63) is 65.7 Å². The van der Waals surface area contributed by atoms with Gasteiger partial charge in [0.1, 0.15) is 11.9 Å². The van der Waals surface area contributed by atoms with E-state index < -0.39 is 42.6 Å². The minimum absolute atomic E-state index is 0.00170.